The first-order valence-electron chi connectivity index (χ1n) is 8.22. The number of hydrogen-bond donors (Lipinski definition) is 2. The maximum Gasteiger partial charge on any atom is 0.191 e. The number of nitrogens with one attached hydrogen (secondary N) is 2. The minimum atomic E-state index is -0.176. The summed E-state index contributed by atoms with van der Waals surface area (Å²) in [4.78, 5) is 6.80. The van der Waals surface area contributed by atoms with Crippen LogP contribution in [0.3, 0.4) is 0 Å². The summed E-state index contributed by atoms with van der Waals surface area (Å²) in [6.07, 6.45) is 3.89. The molecule has 0 unspecified atom stereocenters. The molecular formula is C16H34N4O. The summed E-state index contributed by atoms with van der Waals surface area (Å²) in [5.41, 5.74) is -0.176. The van der Waals surface area contributed by atoms with Crippen LogP contribution in [0.15, 0.2) is 4.99 Å². The number of rotatable bonds is 7. The highest BCUT2D eigenvalue weighted by Crippen LogP contribution is 2.19. The lowest BCUT2D eigenvalue weighted by Gasteiger charge is -2.31. The van der Waals surface area contributed by atoms with Crippen molar-refractivity contribution < 1.29 is 4.74 Å². The van der Waals surface area contributed by atoms with Gasteiger partial charge in [0.05, 0.1) is 5.60 Å². The highest BCUT2D eigenvalue weighted by Gasteiger charge is 2.18. The summed E-state index contributed by atoms with van der Waals surface area (Å²) in [6, 6.07) is 0. The van der Waals surface area contributed by atoms with E-state index in [1.54, 1.807) is 7.11 Å². The molecule has 5 heteroatoms. The van der Waals surface area contributed by atoms with Crippen LogP contribution >= 0.6 is 0 Å². The van der Waals surface area contributed by atoms with Crippen LogP contribution in [0.5, 0.6) is 0 Å². The molecule has 1 aliphatic rings. The lowest BCUT2D eigenvalue weighted by Crippen LogP contribution is -2.45. The van der Waals surface area contributed by atoms with Gasteiger partial charge in [0.1, 0.15) is 0 Å². The van der Waals surface area contributed by atoms with Crippen molar-refractivity contribution in [3.63, 3.8) is 0 Å². The maximum atomic E-state index is 5.40. The standard InChI is InChI=1S/C16H34N4O/c1-6-20-11-8-14(9-12-20)7-10-18-15(17-4)19-13-16(2,3)21-5/h14H,6-13H2,1-5H3,(H2,17,18,19). The van der Waals surface area contributed by atoms with Gasteiger partial charge in [-0.3, -0.25) is 4.99 Å². The third-order valence-electron chi connectivity index (χ3n) is 4.46. The molecule has 0 amide bonds. The van der Waals surface area contributed by atoms with Crippen LogP contribution in [0, 0.1) is 5.92 Å². The Bertz CT molecular complexity index is 309. The Labute approximate surface area is 130 Å². The fraction of sp³-hybridized carbons (Fsp3) is 0.938. The van der Waals surface area contributed by atoms with Gasteiger partial charge in [0.15, 0.2) is 5.96 Å². The molecule has 0 aliphatic carbocycles. The summed E-state index contributed by atoms with van der Waals surface area (Å²) in [6.45, 7) is 11.8. The van der Waals surface area contributed by atoms with E-state index in [4.69, 9.17) is 4.74 Å². The first-order chi connectivity index (χ1) is 10.0. The van der Waals surface area contributed by atoms with E-state index in [2.05, 4.69) is 41.3 Å². The van der Waals surface area contributed by atoms with Crippen LogP contribution in [0.2, 0.25) is 0 Å². The van der Waals surface area contributed by atoms with Gasteiger partial charge in [-0.15, -0.1) is 0 Å². The molecule has 0 aromatic rings. The first-order valence-corrected chi connectivity index (χ1v) is 8.22. The van der Waals surface area contributed by atoms with Gasteiger partial charge in [0.25, 0.3) is 0 Å². The Morgan fingerprint density at radius 1 is 1.29 bits per heavy atom. The molecule has 124 valence electrons. The minimum absolute atomic E-state index is 0.176. The van der Waals surface area contributed by atoms with Gasteiger partial charge in [-0.05, 0) is 58.7 Å². The van der Waals surface area contributed by atoms with Crippen molar-refractivity contribution in [2.24, 2.45) is 10.9 Å². The zero-order valence-electron chi connectivity index (χ0n) is 14.5. The molecule has 0 bridgehead atoms. The van der Waals surface area contributed by atoms with E-state index >= 15 is 0 Å². The van der Waals surface area contributed by atoms with Crippen LogP contribution in [0.25, 0.3) is 0 Å². The fourth-order valence-corrected chi connectivity index (χ4v) is 2.58. The Kier molecular flexibility index (Phi) is 8.04. The molecule has 1 fully saturated rings. The number of ether oxygens (including phenoxy) is 1. The van der Waals surface area contributed by atoms with Gasteiger partial charge in [0.2, 0.25) is 0 Å². The van der Waals surface area contributed by atoms with E-state index in [1.165, 1.54) is 38.9 Å². The quantitative estimate of drug-likeness (QED) is 0.555. The smallest absolute Gasteiger partial charge is 0.191 e. The Balaban J connectivity index is 2.18. The monoisotopic (exact) mass is 298 g/mol. The maximum absolute atomic E-state index is 5.40. The number of hydrogen-bond acceptors (Lipinski definition) is 3. The van der Waals surface area contributed by atoms with Crippen molar-refractivity contribution >= 4 is 5.96 Å². The summed E-state index contributed by atoms with van der Waals surface area (Å²) in [5, 5.41) is 6.73. The summed E-state index contributed by atoms with van der Waals surface area (Å²) in [5.74, 6) is 1.72. The number of likely N-dealkylation sites (tertiary alicyclic amines) is 1. The van der Waals surface area contributed by atoms with E-state index < -0.39 is 0 Å². The highest BCUT2D eigenvalue weighted by atomic mass is 16.5. The number of nitrogens with zero attached hydrogens (tertiary/aromatic N) is 2. The summed E-state index contributed by atoms with van der Waals surface area (Å²) < 4.78 is 5.40. The van der Waals surface area contributed by atoms with E-state index in [9.17, 15) is 0 Å². The second-order valence-electron chi connectivity index (χ2n) is 6.48. The molecule has 1 aliphatic heterocycles. The predicted octanol–water partition coefficient (Wildman–Crippen LogP) is 1.70. The van der Waals surface area contributed by atoms with Gasteiger partial charge in [0, 0.05) is 27.2 Å². The zero-order valence-corrected chi connectivity index (χ0v) is 14.5. The van der Waals surface area contributed by atoms with Gasteiger partial charge < -0.3 is 20.3 Å². The van der Waals surface area contributed by atoms with Crippen molar-refractivity contribution in [1.29, 1.82) is 0 Å². The van der Waals surface area contributed by atoms with E-state index in [1.807, 2.05) is 7.05 Å². The molecule has 1 rings (SSSR count). The molecule has 5 nitrogen and oxygen atoms in total. The Hall–Kier alpha value is -0.810. The summed E-state index contributed by atoms with van der Waals surface area (Å²) in [7, 11) is 3.55. The van der Waals surface area contributed by atoms with Gasteiger partial charge >= 0.3 is 0 Å². The van der Waals surface area contributed by atoms with E-state index in [-0.39, 0.29) is 5.60 Å². The van der Waals surface area contributed by atoms with Crippen molar-refractivity contribution in [3.8, 4) is 0 Å². The molecule has 0 aromatic carbocycles. The van der Waals surface area contributed by atoms with Crippen molar-refractivity contribution in [2.75, 3.05) is 46.9 Å². The number of piperidine rings is 1. The molecule has 2 N–H and O–H groups in total. The van der Waals surface area contributed by atoms with Gasteiger partial charge in [-0.1, -0.05) is 6.92 Å². The van der Waals surface area contributed by atoms with Crippen molar-refractivity contribution in [2.45, 2.75) is 45.6 Å². The van der Waals surface area contributed by atoms with Crippen LogP contribution in [-0.2, 0) is 4.74 Å². The lowest BCUT2D eigenvalue weighted by molar-refractivity contribution is 0.0268. The van der Waals surface area contributed by atoms with E-state index in [0.29, 0.717) is 0 Å². The average molecular weight is 298 g/mol. The molecule has 21 heavy (non-hydrogen) atoms. The molecule has 0 saturated carbocycles. The first kappa shape index (κ1) is 18.2. The van der Waals surface area contributed by atoms with Crippen LogP contribution in [0.1, 0.15) is 40.0 Å². The Morgan fingerprint density at radius 3 is 2.48 bits per heavy atom. The van der Waals surface area contributed by atoms with Crippen molar-refractivity contribution in [3.05, 3.63) is 0 Å². The van der Waals surface area contributed by atoms with Crippen LogP contribution in [0.4, 0.5) is 0 Å². The molecular weight excluding hydrogens is 264 g/mol. The van der Waals surface area contributed by atoms with Gasteiger partial charge in [-0.2, -0.15) is 0 Å². The molecule has 0 spiro atoms. The van der Waals surface area contributed by atoms with Crippen molar-refractivity contribution in [1.82, 2.24) is 15.5 Å². The van der Waals surface area contributed by atoms with Crippen LogP contribution < -0.4 is 10.6 Å². The Morgan fingerprint density at radius 2 is 1.95 bits per heavy atom. The third kappa shape index (κ3) is 7.14. The SMILES string of the molecule is CCN1CCC(CCNC(=NC)NCC(C)(C)OC)CC1. The zero-order chi connectivity index (χ0) is 15.7. The summed E-state index contributed by atoms with van der Waals surface area (Å²) >= 11 is 0. The second kappa shape index (κ2) is 9.26. The van der Waals surface area contributed by atoms with Crippen LogP contribution in [-0.4, -0.2) is 63.3 Å². The highest BCUT2D eigenvalue weighted by molar-refractivity contribution is 5.79. The number of methoxy groups -OCH3 is 1. The molecule has 1 heterocycles. The lowest BCUT2D eigenvalue weighted by atomic mass is 9.93. The third-order valence-corrected chi connectivity index (χ3v) is 4.46. The normalized spacial score (nSPS) is 18.8. The molecule has 0 atom stereocenters. The fourth-order valence-electron chi connectivity index (χ4n) is 2.58. The molecule has 1 saturated heterocycles. The second-order valence-corrected chi connectivity index (χ2v) is 6.48. The molecule has 0 aromatic heterocycles. The molecule has 0 radical (unpaired) electrons. The topological polar surface area (TPSA) is 48.9 Å². The van der Waals surface area contributed by atoms with E-state index in [0.717, 1.165) is 25.0 Å². The number of aliphatic imine (C=N–C) groups is 1. The largest absolute Gasteiger partial charge is 0.377 e. The van der Waals surface area contributed by atoms with Gasteiger partial charge in [-0.25, -0.2) is 0 Å². The average Bonchev–Trinajstić information content (AvgIpc) is 2.51. The minimum Gasteiger partial charge on any atom is -0.377 e. The number of guanidine groups is 1. The predicted molar refractivity (Wildman–Crippen MR) is 89.9 cm³/mol.